The van der Waals surface area contributed by atoms with Crippen molar-refractivity contribution >= 4 is 11.6 Å². The maximum absolute atomic E-state index is 14.2. The maximum atomic E-state index is 14.2. The summed E-state index contributed by atoms with van der Waals surface area (Å²) >= 11 is 6.18. The summed E-state index contributed by atoms with van der Waals surface area (Å²) in [4.78, 5) is 15.2. The first-order valence-electron chi connectivity index (χ1n) is 9.68. The molecule has 0 fully saturated rings. The smallest absolute Gasteiger partial charge is 0.254 e. The molecule has 2 aromatic heterocycles. The molecule has 3 aromatic rings. The number of aromatic nitrogens is 3. The van der Waals surface area contributed by atoms with E-state index in [1.807, 2.05) is 24.7 Å². The number of pyridine rings is 1. The third-order valence-electron chi connectivity index (χ3n) is 5.70. The van der Waals surface area contributed by atoms with Crippen LogP contribution in [0.4, 0.5) is 4.39 Å². The van der Waals surface area contributed by atoms with Crippen LogP contribution in [0.5, 0.6) is 0 Å². The van der Waals surface area contributed by atoms with Crippen LogP contribution in [0.15, 0.2) is 35.3 Å². The summed E-state index contributed by atoms with van der Waals surface area (Å²) < 4.78 is 17.8. The van der Waals surface area contributed by atoms with Gasteiger partial charge in [-0.05, 0) is 30.7 Å². The molecule has 7 heteroatoms. The van der Waals surface area contributed by atoms with Gasteiger partial charge in [0.25, 0.3) is 5.56 Å². The fourth-order valence-corrected chi connectivity index (χ4v) is 4.39. The fourth-order valence-electron chi connectivity index (χ4n) is 4.16. The Labute approximate surface area is 174 Å². The molecule has 0 aliphatic carbocycles. The zero-order chi connectivity index (χ0) is 20.7. The predicted molar refractivity (Wildman–Crippen MR) is 112 cm³/mol. The van der Waals surface area contributed by atoms with Crippen LogP contribution in [0, 0.1) is 12.7 Å². The highest BCUT2D eigenvalue weighted by Crippen LogP contribution is 2.24. The lowest BCUT2D eigenvalue weighted by atomic mass is 9.98. The summed E-state index contributed by atoms with van der Waals surface area (Å²) in [6.07, 6.45) is 3.05. The molecule has 4 rings (SSSR count). The second-order valence-corrected chi connectivity index (χ2v) is 8.16. The van der Waals surface area contributed by atoms with E-state index in [0.717, 1.165) is 43.0 Å². The Balaban J connectivity index is 1.64. The third-order valence-corrected chi connectivity index (χ3v) is 6.05. The minimum Gasteiger partial charge on any atom is -0.315 e. The average molecular weight is 415 g/mol. The Bertz CT molecular complexity index is 1110. The SMILES string of the molecule is Cc1nn(C)cc1CN1CCc2c(cc(Cc3c(F)cccc3Cl)c(=O)n2C)C1. The van der Waals surface area contributed by atoms with Crippen LogP contribution in [-0.2, 0) is 40.0 Å². The van der Waals surface area contributed by atoms with Crippen molar-refractivity contribution in [1.82, 2.24) is 19.2 Å². The van der Waals surface area contributed by atoms with Crippen molar-refractivity contribution in [2.24, 2.45) is 14.1 Å². The van der Waals surface area contributed by atoms with Crippen molar-refractivity contribution in [2.75, 3.05) is 6.54 Å². The Kier molecular flexibility index (Phi) is 5.32. The second-order valence-electron chi connectivity index (χ2n) is 7.76. The summed E-state index contributed by atoms with van der Waals surface area (Å²) in [7, 11) is 3.73. The van der Waals surface area contributed by atoms with Crippen molar-refractivity contribution in [1.29, 1.82) is 0 Å². The fraction of sp³-hybridized carbons (Fsp3) is 0.364. The van der Waals surface area contributed by atoms with E-state index in [-0.39, 0.29) is 17.8 Å². The summed E-state index contributed by atoms with van der Waals surface area (Å²) in [5, 5.41) is 4.77. The molecule has 3 heterocycles. The van der Waals surface area contributed by atoms with Crippen molar-refractivity contribution in [2.45, 2.75) is 32.9 Å². The molecule has 1 aliphatic heterocycles. The van der Waals surface area contributed by atoms with Crippen molar-refractivity contribution < 1.29 is 4.39 Å². The van der Waals surface area contributed by atoms with Gasteiger partial charge in [0.1, 0.15) is 5.82 Å². The number of halogens is 2. The molecule has 0 unspecified atom stereocenters. The third kappa shape index (κ3) is 3.87. The van der Waals surface area contributed by atoms with E-state index in [4.69, 9.17) is 11.6 Å². The van der Waals surface area contributed by atoms with Gasteiger partial charge in [0.15, 0.2) is 0 Å². The number of hydrogen-bond donors (Lipinski definition) is 0. The Morgan fingerprint density at radius 2 is 2.03 bits per heavy atom. The molecule has 1 aromatic carbocycles. The highest BCUT2D eigenvalue weighted by molar-refractivity contribution is 6.31. The molecule has 1 aliphatic rings. The molecule has 5 nitrogen and oxygen atoms in total. The molecular formula is C22H24ClFN4O. The molecular weight excluding hydrogens is 391 g/mol. The van der Waals surface area contributed by atoms with Gasteiger partial charge >= 0.3 is 0 Å². The van der Waals surface area contributed by atoms with Gasteiger partial charge in [-0.25, -0.2) is 4.39 Å². The lowest BCUT2D eigenvalue weighted by molar-refractivity contribution is 0.240. The zero-order valence-corrected chi connectivity index (χ0v) is 17.6. The molecule has 0 saturated carbocycles. The van der Waals surface area contributed by atoms with Crippen LogP contribution in [-0.4, -0.2) is 25.8 Å². The standard InChI is InChI=1S/C22H24ClFN4O/c1-14-17(11-26(2)25-14)13-28-8-7-21-16(12-28)9-15(22(29)27(21)3)10-18-19(23)5-4-6-20(18)24/h4-6,9,11H,7-8,10,12-13H2,1-3H3. The van der Waals surface area contributed by atoms with Crippen LogP contribution in [0.2, 0.25) is 5.02 Å². The Morgan fingerprint density at radius 3 is 2.72 bits per heavy atom. The van der Waals surface area contributed by atoms with Gasteiger partial charge < -0.3 is 4.57 Å². The van der Waals surface area contributed by atoms with Crippen LogP contribution in [0.1, 0.15) is 33.6 Å². The van der Waals surface area contributed by atoms with Gasteiger partial charge in [0.2, 0.25) is 0 Å². The molecule has 0 N–H and O–H groups in total. The maximum Gasteiger partial charge on any atom is 0.254 e. The van der Waals surface area contributed by atoms with Crippen LogP contribution < -0.4 is 5.56 Å². The van der Waals surface area contributed by atoms with E-state index in [9.17, 15) is 9.18 Å². The molecule has 152 valence electrons. The van der Waals surface area contributed by atoms with Crippen LogP contribution >= 0.6 is 11.6 Å². The summed E-state index contributed by atoms with van der Waals surface area (Å²) in [6.45, 7) is 4.46. The van der Waals surface area contributed by atoms with E-state index < -0.39 is 0 Å². The summed E-state index contributed by atoms with van der Waals surface area (Å²) in [5.41, 5.74) is 5.26. The van der Waals surface area contributed by atoms with E-state index in [2.05, 4.69) is 16.2 Å². The highest BCUT2D eigenvalue weighted by Gasteiger charge is 2.22. The summed E-state index contributed by atoms with van der Waals surface area (Å²) in [5.74, 6) is -0.383. The van der Waals surface area contributed by atoms with Gasteiger partial charge in [-0.2, -0.15) is 5.10 Å². The van der Waals surface area contributed by atoms with E-state index in [1.165, 1.54) is 11.6 Å². The first-order chi connectivity index (χ1) is 13.8. The number of hydrogen-bond acceptors (Lipinski definition) is 3. The van der Waals surface area contributed by atoms with Gasteiger partial charge in [0.05, 0.1) is 5.69 Å². The monoisotopic (exact) mass is 414 g/mol. The number of nitrogens with zero attached hydrogens (tertiary/aromatic N) is 4. The largest absolute Gasteiger partial charge is 0.315 e. The molecule has 0 bridgehead atoms. The normalized spacial score (nSPS) is 14.2. The highest BCUT2D eigenvalue weighted by atomic mass is 35.5. The van der Waals surface area contributed by atoms with Crippen LogP contribution in [0.3, 0.4) is 0 Å². The number of benzene rings is 1. The molecule has 0 atom stereocenters. The first-order valence-corrected chi connectivity index (χ1v) is 10.1. The quantitative estimate of drug-likeness (QED) is 0.657. The van der Waals surface area contributed by atoms with Crippen molar-refractivity contribution in [3.63, 3.8) is 0 Å². The Hall–Kier alpha value is -2.44. The predicted octanol–water partition coefficient (Wildman–Crippen LogP) is 3.37. The lowest BCUT2D eigenvalue weighted by Gasteiger charge is -2.30. The Morgan fingerprint density at radius 1 is 1.24 bits per heavy atom. The zero-order valence-electron chi connectivity index (χ0n) is 16.9. The van der Waals surface area contributed by atoms with Gasteiger partial charge in [-0.15, -0.1) is 0 Å². The molecule has 0 radical (unpaired) electrons. The molecule has 0 amide bonds. The van der Waals surface area contributed by atoms with Gasteiger partial charge in [-0.1, -0.05) is 17.7 Å². The number of fused-ring (bicyclic) bond motifs is 1. The minimum atomic E-state index is -0.383. The van der Waals surface area contributed by atoms with Crippen LogP contribution in [0.25, 0.3) is 0 Å². The number of rotatable bonds is 4. The lowest BCUT2D eigenvalue weighted by Crippen LogP contribution is -2.36. The molecule has 0 spiro atoms. The molecule has 29 heavy (non-hydrogen) atoms. The van der Waals surface area contributed by atoms with E-state index >= 15 is 0 Å². The number of aryl methyl sites for hydroxylation is 2. The van der Waals surface area contributed by atoms with E-state index in [0.29, 0.717) is 16.1 Å². The van der Waals surface area contributed by atoms with Crippen molar-refractivity contribution in [3.8, 4) is 0 Å². The summed E-state index contributed by atoms with van der Waals surface area (Å²) in [6, 6.07) is 6.54. The average Bonchev–Trinajstić information content (AvgIpc) is 2.99. The topological polar surface area (TPSA) is 43.1 Å². The van der Waals surface area contributed by atoms with E-state index in [1.54, 1.807) is 23.7 Å². The van der Waals surface area contributed by atoms with Gasteiger partial charge in [-0.3, -0.25) is 14.4 Å². The van der Waals surface area contributed by atoms with Gasteiger partial charge in [0, 0.05) is 80.2 Å². The minimum absolute atomic E-state index is 0.0837. The van der Waals surface area contributed by atoms with Crippen molar-refractivity contribution in [3.05, 3.63) is 85.3 Å². The molecule has 0 saturated heterocycles. The second kappa shape index (κ2) is 7.76. The first kappa shape index (κ1) is 19.9.